The zero-order chi connectivity index (χ0) is 24.3. The van der Waals surface area contributed by atoms with Crippen LogP contribution in [-0.4, -0.2) is 111 Å². The van der Waals surface area contributed by atoms with Crippen LogP contribution >= 0.6 is 0 Å². The first kappa shape index (κ1) is 27.7. The number of aliphatic hydroxyl groups excluding tert-OH is 4. The van der Waals surface area contributed by atoms with Crippen molar-refractivity contribution < 1.29 is 39.9 Å². The van der Waals surface area contributed by atoms with Gasteiger partial charge in [-0.25, -0.2) is 0 Å². The smallest absolute Gasteiger partial charge is 0.235 e. The summed E-state index contributed by atoms with van der Waals surface area (Å²) in [7, 11) is 0. The molecule has 10 nitrogen and oxygen atoms in total. The summed E-state index contributed by atoms with van der Waals surface area (Å²) in [4.78, 5) is 40.9. The molecule has 2 amide bonds. The Balaban J connectivity index is 3.23. The quantitative estimate of drug-likeness (QED) is 0.166. The Morgan fingerprint density at radius 1 is 0.781 bits per heavy atom. The van der Waals surface area contributed by atoms with Gasteiger partial charge in [0.15, 0.2) is 5.78 Å². The van der Waals surface area contributed by atoms with Gasteiger partial charge in [-0.15, -0.1) is 0 Å². The van der Waals surface area contributed by atoms with E-state index in [0.717, 1.165) is 0 Å². The van der Waals surface area contributed by atoms with Gasteiger partial charge in [0.1, 0.15) is 11.5 Å². The van der Waals surface area contributed by atoms with Crippen LogP contribution in [0.1, 0.15) is 29.8 Å². The van der Waals surface area contributed by atoms with Gasteiger partial charge >= 0.3 is 0 Å². The number of aliphatic hydroxyl groups is 5. The molecule has 0 fully saturated rings. The summed E-state index contributed by atoms with van der Waals surface area (Å²) in [6, 6.07) is 6.16. The van der Waals surface area contributed by atoms with Crippen molar-refractivity contribution in [1.29, 1.82) is 0 Å². The van der Waals surface area contributed by atoms with Gasteiger partial charge < -0.3 is 35.3 Å². The van der Waals surface area contributed by atoms with E-state index in [0.29, 0.717) is 5.56 Å². The van der Waals surface area contributed by atoms with Crippen LogP contribution in [0.5, 0.6) is 0 Å². The highest BCUT2D eigenvalue weighted by Gasteiger charge is 2.34. The van der Waals surface area contributed by atoms with Gasteiger partial charge in [-0.3, -0.25) is 14.4 Å². The Labute approximate surface area is 187 Å². The lowest BCUT2D eigenvalue weighted by Gasteiger charge is -2.30. The fraction of sp³-hybridized carbons (Fsp3) is 0.591. The van der Waals surface area contributed by atoms with Crippen LogP contribution in [0.25, 0.3) is 0 Å². The van der Waals surface area contributed by atoms with Crippen molar-refractivity contribution >= 4 is 17.6 Å². The summed E-state index contributed by atoms with van der Waals surface area (Å²) < 4.78 is 0. The van der Waals surface area contributed by atoms with E-state index in [1.165, 1.54) is 35.8 Å². The molecule has 0 unspecified atom stereocenters. The molecule has 10 heteroatoms. The highest BCUT2D eigenvalue weighted by atomic mass is 16.3. The van der Waals surface area contributed by atoms with Crippen molar-refractivity contribution in [1.82, 2.24) is 9.80 Å². The van der Waals surface area contributed by atoms with Crippen molar-refractivity contribution in [3.05, 3.63) is 35.4 Å². The summed E-state index contributed by atoms with van der Waals surface area (Å²) >= 11 is 0. The maximum Gasteiger partial charge on any atom is 0.235 e. The summed E-state index contributed by atoms with van der Waals surface area (Å²) in [5.74, 6) is -2.89. The fourth-order valence-corrected chi connectivity index (χ4v) is 3.25. The fourth-order valence-electron chi connectivity index (χ4n) is 3.25. The largest absolute Gasteiger partial charge is 0.395 e. The first-order chi connectivity index (χ1) is 15.1. The molecular formula is C22H34N2O8. The van der Waals surface area contributed by atoms with Crippen LogP contribution in [-0.2, 0) is 16.0 Å². The average Bonchev–Trinajstić information content (AvgIpc) is 2.75. The predicted octanol–water partition coefficient (Wildman–Crippen LogP) is -1.57. The number of carbonyl (C=O) groups excluding carboxylic acids is 3. The summed E-state index contributed by atoms with van der Waals surface area (Å²) in [6.45, 7) is 1.09. The predicted molar refractivity (Wildman–Crippen MR) is 116 cm³/mol. The third kappa shape index (κ3) is 7.95. The van der Waals surface area contributed by atoms with E-state index in [1.807, 2.05) is 0 Å². The first-order valence-corrected chi connectivity index (χ1v) is 10.5. The molecular weight excluding hydrogens is 420 g/mol. The van der Waals surface area contributed by atoms with Crippen molar-refractivity contribution in [2.75, 3.05) is 52.6 Å². The lowest BCUT2D eigenvalue weighted by molar-refractivity contribution is -0.148. The minimum absolute atomic E-state index is 0.0324. The number of carbonyl (C=O) groups is 3. The number of nitrogens with zero attached hydrogens (tertiary/aromatic N) is 2. The van der Waals surface area contributed by atoms with Gasteiger partial charge in [0.2, 0.25) is 11.8 Å². The third-order valence-corrected chi connectivity index (χ3v) is 4.91. The highest BCUT2D eigenvalue weighted by Crippen LogP contribution is 2.18. The Morgan fingerprint density at radius 3 is 1.47 bits per heavy atom. The van der Waals surface area contributed by atoms with E-state index in [2.05, 4.69) is 0 Å². The van der Waals surface area contributed by atoms with Crippen LogP contribution in [0.15, 0.2) is 24.3 Å². The summed E-state index contributed by atoms with van der Waals surface area (Å²) in [6.07, 6.45) is -0.0324. The van der Waals surface area contributed by atoms with Gasteiger partial charge in [0.25, 0.3) is 0 Å². The molecule has 1 aromatic rings. The lowest BCUT2D eigenvalue weighted by Crippen LogP contribution is -2.49. The highest BCUT2D eigenvalue weighted by molar-refractivity contribution is 6.02. The molecule has 1 aromatic carbocycles. The van der Waals surface area contributed by atoms with Crippen LogP contribution in [0.2, 0.25) is 0 Å². The molecule has 0 heterocycles. The van der Waals surface area contributed by atoms with Crippen molar-refractivity contribution in [2.24, 2.45) is 5.92 Å². The van der Waals surface area contributed by atoms with E-state index in [4.69, 9.17) is 0 Å². The minimum atomic E-state index is -1.54. The van der Waals surface area contributed by atoms with Gasteiger partial charge in [0.05, 0.1) is 26.4 Å². The second kappa shape index (κ2) is 13.2. The number of Topliss-reactive ketones (excluding diaryl/α,β-unsaturated/α-hetero) is 1. The van der Waals surface area contributed by atoms with E-state index < -0.39 is 29.1 Å². The molecule has 0 aliphatic carbocycles. The topological polar surface area (TPSA) is 159 Å². The van der Waals surface area contributed by atoms with Crippen molar-refractivity contribution in [3.8, 4) is 0 Å². The number of ketones is 1. The summed E-state index contributed by atoms with van der Waals surface area (Å²) in [5, 5.41) is 46.9. The number of benzene rings is 1. The second-order valence-electron chi connectivity index (χ2n) is 7.89. The average molecular weight is 455 g/mol. The zero-order valence-electron chi connectivity index (χ0n) is 18.6. The first-order valence-electron chi connectivity index (χ1n) is 10.5. The van der Waals surface area contributed by atoms with E-state index in [9.17, 15) is 39.9 Å². The molecule has 0 saturated carbocycles. The van der Waals surface area contributed by atoms with Gasteiger partial charge in [0, 0.05) is 31.7 Å². The van der Waals surface area contributed by atoms with E-state index >= 15 is 0 Å². The normalized spacial score (nSPS) is 11.5. The SMILES string of the molecule is CC(C)(O)C(=O)c1ccc(CC(C(=O)N(CCO)CCO)C(=O)N(CCO)CCO)cc1. The zero-order valence-corrected chi connectivity index (χ0v) is 18.6. The molecule has 180 valence electrons. The maximum atomic E-state index is 13.1. The Morgan fingerprint density at radius 2 is 1.16 bits per heavy atom. The number of hydrogen-bond donors (Lipinski definition) is 5. The molecule has 0 spiro atoms. The molecule has 5 N–H and O–H groups in total. The molecule has 32 heavy (non-hydrogen) atoms. The van der Waals surface area contributed by atoms with Crippen LogP contribution in [0.4, 0.5) is 0 Å². The standard InChI is InChI=1S/C22H34N2O8/c1-22(2,32)19(29)17-5-3-16(4-6-17)15-18(20(30)23(7-11-25)8-12-26)21(31)24(9-13-27)10-14-28/h3-6,18,25-28,32H,7-15H2,1-2H3. The minimum Gasteiger partial charge on any atom is -0.395 e. The number of amides is 2. The maximum absolute atomic E-state index is 13.1. The Hall–Kier alpha value is -2.37. The van der Waals surface area contributed by atoms with Crippen molar-refractivity contribution in [3.63, 3.8) is 0 Å². The molecule has 0 bridgehead atoms. The number of rotatable bonds is 14. The lowest BCUT2D eigenvalue weighted by atomic mass is 9.92. The van der Waals surface area contributed by atoms with Gasteiger partial charge in [-0.05, 0) is 25.8 Å². The van der Waals surface area contributed by atoms with Gasteiger partial charge in [-0.1, -0.05) is 24.3 Å². The van der Waals surface area contributed by atoms with Gasteiger partial charge in [-0.2, -0.15) is 0 Å². The summed E-state index contributed by atoms with van der Waals surface area (Å²) in [5.41, 5.74) is -0.690. The molecule has 0 atom stereocenters. The van der Waals surface area contributed by atoms with Crippen molar-refractivity contribution in [2.45, 2.75) is 25.9 Å². The molecule has 0 saturated heterocycles. The third-order valence-electron chi connectivity index (χ3n) is 4.91. The molecule has 0 aliphatic heterocycles. The monoisotopic (exact) mass is 454 g/mol. The van der Waals surface area contributed by atoms with Crippen LogP contribution in [0, 0.1) is 5.92 Å². The Bertz CT molecular complexity index is 705. The second-order valence-corrected chi connectivity index (χ2v) is 7.89. The van der Waals surface area contributed by atoms with Crippen LogP contribution in [0.3, 0.4) is 0 Å². The van der Waals surface area contributed by atoms with Crippen LogP contribution < -0.4 is 0 Å². The molecule has 0 aromatic heterocycles. The molecule has 0 radical (unpaired) electrons. The van der Waals surface area contributed by atoms with E-state index in [-0.39, 0.29) is 64.6 Å². The molecule has 1 rings (SSSR count). The number of hydrogen-bond acceptors (Lipinski definition) is 8. The molecule has 0 aliphatic rings. The Kier molecular flexibility index (Phi) is 11.4. The van der Waals surface area contributed by atoms with E-state index in [1.54, 1.807) is 12.1 Å².